The van der Waals surface area contributed by atoms with Crippen molar-refractivity contribution in [3.8, 4) is 0 Å². The first-order valence-electron chi connectivity index (χ1n) is 16.9. The fourth-order valence-corrected chi connectivity index (χ4v) is 5.44. The Morgan fingerprint density at radius 2 is 1.16 bits per heavy atom. The van der Waals surface area contributed by atoms with Crippen LogP contribution in [0.2, 0.25) is 15.7 Å². The molecular weight excluding hydrogens is 723 g/mol. The minimum Gasteiger partial charge on any atom is -0.444 e. The van der Waals surface area contributed by atoms with Gasteiger partial charge in [-0.3, -0.25) is 9.59 Å². The lowest BCUT2D eigenvalue weighted by molar-refractivity contribution is 0.0505. The topological polar surface area (TPSA) is 178 Å². The molecule has 0 aliphatic carbocycles. The summed E-state index contributed by atoms with van der Waals surface area (Å²) < 4.78 is 10.4. The van der Waals surface area contributed by atoms with Crippen LogP contribution in [-0.4, -0.2) is 94.2 Å². The third kappa shape index (κ3) is 18.6. The molecule has 0 atom stereocenters. The van der Waals surface area contributed by atoms with Gasteiger partial charge in [-0.25, -0.2) is 29.5 Å². The SMILES string of the molecule is CC(=O)c1cc(Cl)nc(Cl)n1.CC(=O)c1cc(N2CCC(CNC(=O)OC(C)(C)C)CC2)nc(Cl)n1.CC(C)(C)OC(=O)NCC1CCNCC1. The van der Waals surface area contributed by atoms with Gasteiger partial charge in [-0.1, -0.05) is 11.6 Å². The molecule has 17 heteroatoms. The van der Waals surface area contributed by atoms with E-state index in [9.17, 15) is 19.2 Å². The molecule has 0 saturated carbocycles. The van der Waals surface area contributed by atoms with Gasteiger partial charge in [-0.2, -0.15) is 0 Å². The molecule has 2 aromatic rings. The van der Waals surface area contributed by atoms with Crippen LogP contribution in [-0.2, 0) is 9.47 Å². The number of ketones is 2. The van der Waals surface area contributed by atoms with E-state index < -0.39 is 11.2 Å². The molecule has 2 fully saturated rings. The molecular formula is C34H51Cl3N8O6. The Hall–Kier alpha value is -3.33. The Morgan fingerprint density at radius 3 is 1.59 bits per heavy atom. The summed E-state index contributed by atoms with van der Waals surface area (Å²) >= 11 is 16.9. The molecule has 3 N–H and O–H groups in total. The van der Waals surface area contributed by atoms with Crippen molar-refractivity contribution in [2.24, 2.45) is 11.8 Å². The van der Waals surface area contributed by atoms with Crippen LogP contribution in [0.4, 0.5) is 15.4 Å². The van der Waals surface area contributed by atoms with Crippen LogP contribution < -0.4 is 20.9 Å². The highest BCUT2D eigenvalue weighted by Gasteiger charge is 2.23. The zero-order chi connectivity index (χ0) is 38.4. The normalized spacial score (nSPS) is 15.3. The first kappa shape index (κ1) is 43.8. The number of hydrogen-bond acceptors (Lipinski definition) is 12. The van der Waals surface area contributed by atoms with Gasteiger partial charge < -0.3 is 30.3 Å². The van der Waals surface area contributed by atoms with Crippen LogP contribution in [0.1, 0.15) is 102 Å². The number of ether oxygens (including phenoxy) is 2. The predicted octanol–water partition coefficient (Wildman–Crippen LogP) is 6.57. The van der Waals surface area contributed by atoms with Crippen LogP contribution in [0, 0.1) is 11.8 Å². The van der Waals surface area contributed by atoms with E-state index in [0.29, 0.717) is 29.9 Å². The minimum absolute atomic E-state index is 0.0114. The summed E-state index contributed by atoms with van der Waals surface area (Å²) in [6.07, 6.45) is 3.40. The van der Waals surface area contributed by atoms with Crippen molar-refractivity contribution in [3.05, 3.63) is 39.2 Å². The average molecular weight is 774 g/mol. The van der Waals surface area contributed by atoms with Gasteiger partial charge in [0.05, 0.1) is 0 Å². The van der Waals surface area contributed by atoms with E-state index >= 15 is 0 Å². The molecule has 2 aliphatic rings. The van der Waals surface area contributed by atoms with Gasteiger partial charge in [-0.05, 0) is 115 Å². The Kier molecular flexibility index (Phi) is 17.7. The lowest BCUT2D eigenvalue weighted by Gasteiger charge is -2.33. The van der Waals surface area contributed by atoms with Gasteiger partial charge in [0.15, 0.2) is 11.6 Å². The van der Waals surface area contributed by atoms with Gasteiger partial charge in [0, 0.05) is 52.2 Å². The van der Waals surface area contributed by atoms with Gasteiger partial charge in [0.2, 0.25) is 10.6 Å². The van der Waals surface area contributed by atoms with Crippen LogP contribution in [0.3, 0.4) is 0 Å². The van der Waals surface area contributed by atoms with Crippen LogP contribution >= 0.6 is 34.8 Å². The molecule has 2 saturated heterocycles. The van der Waals surface area contributed by atoms with Gasteiger partial charge in [0.1, 0.15) is 33.6 Å². The second-order valence-electron chi connectivity index (χ2n) is 14.2. The number of carbonyl (C=O) groups is 4. The van der Waals surface area contributed by atoms with Crippen molar-refractivity contribution in [1.82, 2.24) is 35.9 Å². The number of nitrogens with zero attached hydrogens (tertiary/aromatic N) is 5. The molecule has 4 heterocycles. The van der Waals surface area contributed by atoms with E-state index in [1.807, 2.05) is 41.5 Å². The third-order valence-corrected chi connectivity index (χ3v) is 7.87. The summed E-state index contributed by atoms with van der Waals surface area (Å²) in [5, 5.41) is 9.19. The molecule has 51 heavy (non-hydrogen) atoms. The average Bonchev–Trinajstić information content (AvgIpc) is 3.02. The third-order valence-electron chi connectivity index (χ3n) is 7.34. The minimum atomic E-state index is -0.492. The molecule has 284 valence electrons. The number of piperidine rings is 2. The summed E-state index contributed by atoms with van der Waals surface area (Å²) in [5.41, 5.74) is -0.342. The molecule has 2 aromatic heterocycles. The van der Waals surface area contributed by atoms with E-state index in [-0.39, 0.29) is 45.2 Å². The fourth-order valence-electron chi connectivity index (χ4n) is 4.85. The van der Waals surface area contributed by atoms with Gasteiger partial charge >= 0.3 is 12.2 Å². The molecule has 0 unspecified atom stereocenters. The van der Waals surface area contributed by atoms with Crippen molar-refractivity contribution in [2.75, 3.05) is 44.2 Å². The Balaban J connectivity index is 0.000000293. The number of nitrogens with one attached hydrogen (secondary N) is 3. The van der Waals surface area contributed by atoms with E-state index in [1.54, 1.807) is 6.07 Å². The monoisotopic (exact) mass is 772 g/mol. The van der Waals surface area contributed by atoms with Crippen LogP contribution in [0.15, 0.2) is 12.1 Å². The summed E-state index contributed by atoms with van der Waals surface area (Å²) in [5.74, 6) is 1.33. The Morgan fingerprint density at radius 1 is 0.725 bits per heavy atom. The first-order valence-corrected chi connectivity index (χ1v) is 18.0. The molecule has 0 bridgehead atoms. The lowest BCUT2D eigenvalue weighted by Crippen LogP contribution is -2.40. The number of amides is 2. The van der Waals surface area contributed by atoms with Crippen molar-refractivity contribution in [2.45, 2.75) is 92.3 Å². The number of halogens is 3. The molecule has 4 rings (SSSR count). The van der Waals surface area contributed by atoms with Crippen LogP contribution in [0.25, 0.3) is 0 Å². The van der Waals surface area contributed by atoms with Crippen molar-refractivity contribution >= 4 is 64.4 Å². The molecule has 14 nitrogen and oxygen atoms in total. The first-order chi connectivity index (χ1) is 23.7. The van der Waals surface area contributed by atoms with Gasteiger partial charge in [-0.15, -0.1) is 0 Å². The predicted molar refractivity (Wildman–Crippen MR) is 198 cm³/mol. The summed E-state index contributed by atoms with van der Waals surface area (Å²) in [6.45, 7) is 19.0. The van der Waals surface area contributed by atoms with Crippen molar-refractivity contribution in [1.29, 1.82) is 0 Å². The zero-order valence-electron chi connectivity index (χ0n) is 30.7. The number of rotatable bonds is 7. The smallest absolute Gasteiger partial charge is 0.407 e. The Bertz CT molecular complexity index is 1450. The number of Topliss-reactive ketones (excluding diaryl/α,β-unsaturated/α-hetero) is 2. The molecule has 2 aliphatic heterocycles. The molecule has 0 spiro atoms. The largest absolute Gasteiger partial charge is 0.444 e. The summed E-state index contributed by atoms with van der Waals surface area (Å²) in [6, 6.07) is 3.04. The van der Waals surface area contributed by atoms with Gasteiger partial charge in [0.25, 0.3) is 0 Å². The highest BCUT2D eigenvalue weighted by atomic mass is 35.5. The zero-order valence-corrected chi connectivity index (χ0v) is 33.0. The number of hydrogen-bond donors (Lipinski definition) is 3. The highest BCUT2D eigenvalue weighted by molar-refractivity contribution is 6.32. The lowest BCUT2D eigenvalue weighted by atomic mass is 9.97. The summed E-state index contributed by atoms with van der Waals surface area (Å²) in [4.78, 5) is 62.8. The summed E-state index contributed by atoms with van der Waals surface area (Å²) in [7, 11) is 0. The molecule has 0 radical (unpaired) electrons. The number of aromatic nitrogens is 4. The number of anilines is 1. The molecule has 2 amide bonds. The standard InChI is InChI=1S/C17H25ClN4O3.C11H22N2O2.C6H4Cl2N2O/c1-11(23)13-9-14(21-15(18)20-13)22-7-5-12(6-8-22)10-19-16(24)25-17(2,3)4;1-11(2,3)15-10(14)13-8-9-4-6-12-7-5-9;1-3(11)4-2-5(7)10-6(8)9-4/h9,12H,5-8,10H2,1-4H3,(H,19,24);9,12H,4-8H2,1-3H3,(H,13,14);2H,1H3. The van der Waals surface area contributed by atoms with E-state index in [2.05, 4.69) is 40.8 Å². The fraction of sp³-hybridized carbons (Fsp3) is 0.647. The van der Waals surface area contributed by atoms with Crippen LogP contribution in [0.5, 0.6) is 0 Å². The maximum Gasteiger partial charge on any atom is 0.407 e. The van der Waals surface area contributed by atoms with Crippen molar-refractivity contribution < 1.29 is 28.7 Å². The Labute approximate surface area is 315 Å². The second kappa shape index (κ2) is 20.6. The maximum atomic E-state index is 11.7. The number of alkyl carbamates (subject to hydrolysis) is 2. The molecule has 0 aromatic carbocycles. The quantitative estimate of drug-likeness (QED) is 0.157. The maximum absolute atomic E-state index is 11.7. The van der Waals surface area contributed by atoms with E-state index in [1.165, 1.54) is 19.9 Å². The second-order valence-corrected chi connectivity index (χ2v) is 15.3. The number of carbonyl (C=O) groups excluding carboxylic acids is 4. The highest BCUT2D eigenvalue weighted by Crippen LogP contribution is 2.23. The van der Waals surface area contributed by atoms with E-state index in [4.69, 9.17) is 44.3 Å². The van der Waals surface area contributed by atoms with E-state index in [0.717, 1.165) is 58.4 Å². The van der Waals surface area contributed by atoms with Crippen molar-refractivity contribution in [3.63, 3.8) is 0 Å².